The molecular formula is C10H15NO4. The predicted molar refractivity (Wildman–Crippen MR) is 50.8 cm³/mol. The third kappa shape index (κ3) is 1.46. The lowest BCUT2D eigenvalue weighted by Crippen LogP contribution is -2.57. The number of carbonyl (C=O) groups is 2. The number of morpholine rings is 1. The molecule has 2 aliphatic rings. The Morgan fingerprint density at radius 2 is 2.27 bits per heavy atom. The van der Waals surface area contributed by atoms with E-state index >= 15 is 0 Å². The molecule has 0 saturated carbocycles. The Labute approximate surface area is 88.3 Å². The molecular weight excluding hydrogens is 198 g/mol. The Morgan fingerprint density at radius 1 is 1.60 bits per heavy atom. The van der Waals surface area contributed by atoms with Crippen LogP contribution < -0.4 is 0 Å². The standard InChI is InChI=1S/C10H15NO4/c1-6-5-14-9(13)10(3)4-8(7(2)12)15-11(6)10/h6,8H,4-5H2,1-3H3/t6-,8-,10+/m0/s1. The van der Waals surface area contributed by atoms with E-state index in [0.29, 0.717) is 13.0 Å². The first-order valence-electron chi connectivity index (χ1n) is 5.09. The summed E-state index contributed by atoms with van der Waals surface area (Å²) in [4.78, 5) is 28.4. The molecule has 2 rings (SSSR count). The van der Waals surface area contributed by atoms with Gasteiger partial charge in [0.2, 0.25) is 0 Å². The van der Waals surface area contributed by atoms with Crippen LogP contribution in [-0.4, -0.2) is 41.1 Å². The van der Waals surface area contributed by atoms with E-state index in [1.807, 2.05) is 6.92 Å². The van der Waals surface area contributed by atoms with Crippen molar-refractivity contribution >= 4 is 11.8 Å². The van der Waals surface area contributed by atoms with Crippen molar-refractivity contribution in [1.82, 2.24) is 5.06 Å². The molecule has 0 radical (unpaired) electrons. The quantitative estimate of drug-likeness (QED) is 0.586. The molecule has 0 aliphatic carbocycles. The first kappa shape index (κ1) is 10.6. The molecule has 0 bridgehead atoms. The Hall–Kier alpha value is -0.940. The lowest BCUT2D eigenvalue weighted by atomic mass is 9.92. The molecule has 5 nitrogen and oxygen atoms in total. The zero-order chi connectivity index (χ0) is 11.2. The van der Waals surface area contributed by atoms with Crippen LogP contribution in [0.1, 0.15) is 27.2 Å². The second kappa shape index (κ2) is 3.28. The van der Waals surface area contributed by atoms with Crippen molar-refractivity contribution in [3.8, 4) is 0 Å². The summed E-state index contributed by atoms with van der Waals surface area (Å²) in [5.74, 6) is -0.352. The summed E-state index contributed by atoms with van der Waals surface area (Å²) in [6, 6.07) is -0.00273. The Morgan fingerprint density at radius 3 is 2.80 bits per heavy atom. The van der Waals surface area contributed by atoms with Gasteiger partial charge in [-0.3, -0.25) is 9.63 Å². The SMILES string of the molecule is CC(=O)[C@@H]1C[C@]2(C)C(=O)OC[C@H](C)N2O1. The van der Waals surface area contributed by atoms with Crippen molar-refractivity contribution in [3.05, 3.63) is 0 Å². The number of ether oxygens (including phenoxy) is 1. The van der Waals surface area contributed by atoms with Crippen LogP contribution in [0.5, 0.6) is 0 Å². The monoisotopic (exact) mass is 213 g/mol. The van der Waals surface area contributed by atoms with Gasteiger partial charge < -0.3 is 4.74 Å². The van der Waals surface area contributed by atoms with Crippen LogP contribution in [0, 0.1) is 0 Å². The van der Waals surface area contributed by atoms with Crippen LogP contribution in [-0.2, 0) is 19.2 Å². The minimum Gasteiger partial charge on any atom is -0.462 e. The molecule has 2 heterocycles. The fourth-order valence-corrected chi connectivity index (χ4v) is 2.14. The predicted octanol–water partition coefficient (Wildman–Crippen LogP) is 0.285. The molecule has 0 N–H and O–H groups in total. The Bertz CT molecular complexity index is 317. The van der Waals surface area contributed by atoms with Crippen molar-refractivity contribution in [2.45, 2.75) is 44.9 Å². The molecule has 0 unspecified atom stereocenters. The van der Waals surface area contributed by atoms with E-state index in [9.17, 15) is 9.59 Å². The summed E-state index contributed by atoms with van der Waals surface area (Å²) in [7, 11) is 0. The second-order valence-corrected chi connectivity index (χ2v) is 4.46. The van der Waals surface area contributed by atoms with Gasteiger partial charge in [0.25, 0.3) is 0 Å². The molecule has 15 heavy (non-hydrogen) atoms. The number of Topliss-reactive ketones (excluding diaryl/α,β-unsaturated/α-hetero) is 1. The topological polar surface area (TPSA) is 55.8 Å². The molecule has 0 amide bonds. The normalized spacial score (nSPS) is 41.1. The average Bonchev–Trinajstić information content (AvgIpc) is 2.53. The Kier molecular flexibility index (Phi) is 2.31. The number of hydrogen-bond donors (Lipinski definition) is 0. The van der Waals surface area contributed by atoms with Crippen molar-refractivity contribution in [1.29, 1.82) is 0 Å². The molecule has 0 aromatic heterocycles. The fraction of sp³-hybridized carbons (Fsp3) is 0.800. The smallest absolute Gasteiger partial charge is 0.328 e. The van der Waals surface area contributed by atoms with E-state index in [1.165, 1.54) is 6.92 Å². The maximum Gasteiger partial charge on any atom is 0.328 e. The number of ketones is 1. The first-order valence-corrected chi connectivity index (χ1v) is 5.09. The fourth-order valence-electron chi connectivity index (χ4n) is 2.14. The van der Waals surface area contributed by atoms with Gasteiger partial charge in [0.1, 0.15) is 18.2 Å². The summed E-state index contributed by atoms with van der Waals surface area (Å²) in [6.07, 6.45) is -0.131. The van der Waals surface area contributed by atoms with Crippen molar-refractivity contribution in [3.63, 3.8) is 0 Å². The molecule has 0 aromatic carbocycles. The van der Waals surface area contributed by atoms with Crippen LogP contribution >= 0.6 is 0 Å². The van der Waals surface area contributed by atoms with Gasteiger partial charge in [-0.05, 0) is 20.8 Å². The molecule has 5 heteroatoms. The summed E-state index contributed by atoms with van der Waals surface area (Å²) in [6.45, 7) is 5.46. The third-order valence-corrected chi connectivity index (χ3v) is 3.06. The molecule has 2 aliphatic heterocycles. The molecule has 0 aromatic rings. The zero-order valence-corrected chi connectivity index (χ0v) is 9.15. The van der Waals surface area contributed by atoms with Crippen LogP contribution in [0.15, 0.2) is 0 Å². The van der Waals surface area contributed by atoms with E-state index in [4.69, 9.17) is 9.57 Å². The largest absolute Gasteiger partial charge is 0.462 e. The van der Waals surface area contributed by atoms with Gasteiger partial charge in [-0.2, -0.15) is 5.06 Å². The van der Waals surface area contributed by atoms with Crippen LogP contribution in [0.25, 0.3) is 0 Å². The summed E-state index contributed by atoms with van der Waals surface area (Å²) in [5, 5.41) is 1.62. The number of nitrogens with zero attached hydrogens (tertiary/aromatic N) is 1. The van der Waals surface area contributed by atoms with Gasteiger partial charge in [-0.25, -0.2) is 4.79 Å². The number of carbonyl (C=O) groups excluding carboxylic acids is 2. The van der Waals surface area contributed by atoms with Gasteiger partial charge in [0, 0.05) is 6.42 Å². The summed E-state index contributed by atoms with van der Waals surface area (Å²) in [5.41, 5.74) is -0.798. The van der Waals surface area contributed by atoms with Gasteiger partial charge in [-0.1, -0.05) is 0 Å². The third-order valence-electron chi connectivity index (χ3n) is 3.06. The average molecular weight is 213 g/mol. The number of hydroxylamine groups is 2. The minimum atomic E-state index is -0.798. The van der Waals surface area contributed by atoms with Gasteiger partial charge >= 0.3 is 5.97 Å². The van der Waals surface area contributed by atoms with E-state index in [1.54, 1.807) is 12.0 Å². The highest BCUT2D eigenvalue weighted by Crippen LogP contribution is 2.37. The number of fused-ring (bicyclic) bond motifs is 1. The van der Waals surface area contributed by atoms with Gasteiger partial charge in [0.15, 0.2) is 5.78 Å². The highest BCUT2D eigenvalue weighted by molar-refractivity contribution is 5.86. The molecule has 2 fully saturated rings. The van der Waals surface area contributed by atoms with E-state index in [2.05, 4.69) is 0 Å². The van der Waals surface area contributed by atoms with Crippen molar-refractivity contribution in [2.75, 3.05) is 6.61 Å². The minimum absolute atomic E-state index is 0.00273. The molecule has 0 spiro atoms. The molecule has 3 atom stereocenters. The van der Waals surface area contributed by atoms with Gasteiger partial charge in [0.05, 0.1) is 6.04 Å². The summed E-state index contributed by atoms with van der Waals surface area (Å²) < 4.78 is 5.06. The number of esters is 1. The highest BCUT2D eigenvalue weighted by atomic mass is 16.7. The van der Waals surface area contributed by atoms with E-state index in [-0.39, 0.29) is 17.8 Å². The van der Waals surface area contributed by atoms with E-state index in [0.717, 1.165) is 0 Å². The number of cyclic esters (lactones) is 1. The van der Waals surface area contributed by atoms with E-state index < -0.39 is 11.6 Å². The Balaban J connectivity index is 2.27. The first-order chi connectivity index (χ1) is 6.95. The lowest BCUT2D eigenvalue weighted by molar-refractivity contribution is -0.240. The molecule has 2 saturated heterocycles. The van der Waals surface area contributed by atoms with Gasteiger partial charge in [-0.15, -0.1) is 0 Å². The van der Waals surface area contributed by atoms with Crippen LogP contribution in [0.3, 0.4) is 0 Å². The highest BCUT2D eigenvalue weighted by Gasteiger charge is 2.55. The van der Waals surface area contributed by atoms with Crippen molar-refractivity contribution in [2.24, 2.45) is 0 Å². The maximum absolute atomic E-state index is 11.7. The number of rotatable bonds is 1. The zero-order valence-electron chi connectivity index (χ0n) is 9.15. The second-order valence-electron chi connectivity index (χ2n) is 4.46. The maximum atomic E-state index is 11.7. The summed E-state index contributed by atoms with van der Waals surface area (Å²) >= 11 is 0. The van der Waals surface area contributed by atoms with Crippen molar-refractivity contribution < 1.29 is 19.2 Å². The molecule has 84 valence electrons. The number of hydrogen-bond acceptors (Lipinski definition) is 5. The van der Waals surface area contributed by atoms with Crippen LogP contribution in [0.4, 0.5) is 0 Å². The lowest BCUT2D eigenvalue weighted by Gasteiger charge is -2.39. The van der Waals surface area contributed by atoms with Crippen LogP contribution in [0.2, 0.25) is 0 Å².